The highest BCUT2D eigenvalue weighted by molar-refractivity contribution is 7.92. The number of hydrogen-bond acceptors (Lipinski definition) is 7. The highest BCUT2D eigenvalue weighted by Crippen LogP contribution is 2.22. The third-order valence-electron chi connectivity index (χ3n) is 5.92. The van der Waals surface area contributed by atoms with E-state index in [2.05, 4.69) is 20.0 Å². The number of aryl methyl sites for hydroxylation is 1. The number of hydrogen-bond donors (Lipinski definition) is 2. The maximum absolute atomic E-state index is 13.4. The number of amides is 1. The first-order chi connectivity index (χ1) is 19.0. The molecule has 3 aromatic carbocycles. The first-order valence-electron chi connectivity index (χ1n) is 12.4. The van der Waals surface area contributed by atoms with Gasteiger partial charge in [0.1, 0.15) is 0 Å². The Labute approximate surface area is 234 Å². The first-order valence-corrected chi connectivity index (χ1v) is 15.3. The first kappa shape index (κ1) is 28.9. The molecular formula is C28H29N5O5S2. The number of nitrogens with zero attached hydrogens (tertiary/aromatic N) is 3. The highest BCUT2D eigenvalue weighted by Gasteiger charge is 2.27. The Morgan fingerprint density at radius 3 is 2.08 bits per heavy atom. The Hall–Kier alpha value is -4.13. The Morgan fingerprint density at radius 1 is 0.850 bits per heavy atom. The molecule has 0 unspecified atom stereocenters. The monoisotopic (exact) mass is 579 g/mol. The number of carbonyl (C=O) groups excluding carboxylic acids is 1. The summed E-state index contributed by atoms with van der Waals surface area (Å²) in [5.74, 6) is -0.518. The van der Waals surface area contributed by atoms with Gasteiger partial charge in [-0.1, -0.05) is 30.3 Å². The summed E-state index contributed by atoms with van der Waals surface area (Å²) in [6, 6.07) is 22.0. The van der Waals surface area contributed by atoms with Gasteiger partial charge >= 0.3 is 0 Å². The smallest absolute Gasteiger partial charge is 0.264 e. The van der Waals surface area contributed by atoms with Crippen LogP contribution in [0.1, 0.15) is 35.5 Å². The van der Waals surface area contributed by atoms with Crippen LogP contribution < -0.4 is 10.0 Å². The molecule has 0 saturated carbocycles. The fourth-order valence-corrected chi connectivity index (χ4v) is 6.40. The maximum Gasteiger partial charge on any atom is 0.264 e. The lowest BCUT2D eigenvalue weighted by Gasteiger charge is -2.26. The molecule has 4 rings (SSSR count). The molecule has 1 amide bonds. The van der Waals surface area contributed by atoms with Crippen molar-refractivity contribution in [1.82, 2.24) is 14.3 Å². The molecular weight excluding hydrogens is 550 g/mol. The minimum absolute atomic E-state index is 0.0321. The molecule has 1 aromatic heterocycles. The third-order valence-corrected chi connectivity index (χ3v) is 9.30. The van der Waals surface area contributed by atoms with E-state index in [1.807, 2.05) is 44.2 Å². The molecule has 0 fully saturated rings. The van der Waals surface area contributed by atoms with Gasteiger partial charge in [0.2, 0.25) is 16.0 Å². The zero-order chi connectivity index (χ0) is 28.9. The number of aromatic nitrogens is 2. The fourth-order valence-electron chi connectivity index (χ4n) is 3.82. The molecule has 2 N–H and O–H groups in total. The Balaban J connectivity index is 1.44. The molecule has 40 heavy (non-hydrogen) atoms. The van der Waals surface area contributed by atoms with Crippen LogP contribution >= 0.6 is 0 Å². The lowest BCUT2D eigenvalue weighted by atomic mass is 10.2. The SMILES string of the molecule is Cc1ccnc(NS(=O)(=O)c2ccc(NC(=O)c3ccc(S(=O)(=O)N(Cc4ccccc4)C(C)C)cc3)cc2)n1. The van der Waals surface area contributed by atoms with Crippen molar-refractivity contribution < 1.29 is 21.6 Å². The molecule has 0 radical (unpaired) electrons. The molecule has 0 atom stereocenters. The molecule has 12 heteroatoms. The van der Waals surface area contributed by atoms with Gasteiger partial charge in [-0.3, -0.25) is 4.79 Å². The molecule has 10 nitrogen and oxygen atoms in total. The van der Waals surface area contributed by atoms with Crippen molar-refractivity contribution in [2.45, 2.75) is 43.1 Å². The van der Waals surface area contributed by atoms with Crippen LogP contribution in [0, 0.1) is 6.92 Å². The molecule has 0 spiro atoms. The molecule has 0 bridgehead atoms. The highest BCUT2D eigenvalue weighted by atomic mass is 32.2. The Bertz CT molecular complexity index is 1690. The summed E-state index contributed by atoms with van der Waals surface area (Å²) in [5, 5.41) is 2.69. The van der Waals surface area contributed by atoms with Crippen LogP contribution in [-0.2, 0) is 26.6 Å². The number of anilines is 2. The molecule has 0 saturated heterocycles. The van der Waals surface area contributed by atoms with Gasteiger partial charge in [-0.25, -0.2) is 31.5 Å². The molecule has 1 heterocycles. The van der Waals surface area contributed by atoms with E-state index in [9.17, 15) is 21.6 Å². The van der Waals surface area contributed by atoms with E-state index < -0.39 is 26.0 Å². The van der Waals surface area contributed by atoms with Gasteiger partial charge in [0.15, 0.2) is 0 Å². The average molecular weight is 580 g/mol. The van der Waals surface area contributed by atoms with Gasteiger partial charge < -0.3 is 5.32 Å². The van der Waals surface area contributed by atoms with Crippen LogP contribution in [0.3, 0.4) is 0 Å². The summed E-state index contributed by atoms with van der Waals surface area (Å²) in [4.78, 5) is 20.8. The summed E-state index contributed by atoms with van der Waals surface area (Å²) in [6.07, 6.45) is 1.45. The van der Waals surface area contributed by atoms with Crippen molar-refractivity contribution in [3.05, 3.63) is 108 Å². The average Bonchev–Trinajstić information content (AvgIpc) is 2.92. The third kappa shape index (κ3) is 6.89. The van der Waals surface area contributed by atoms with Gasteiger partial charge in [-0.05, 0) is 80.9 Å². The van der Waals surface area contributed by atoms with E-state index in [0.717, 1.165) is 5.56 Å². The maximum atomic E-state index is 13.4. The quantitative estimate of drug-likeness (QED) is 0.283. The second-order valence-corrected chi connectivity index (χ2v) is 12.8. The Morgan fingerprint density at radius 2 is 1.48 bits per heavy atom. The van der Waals surface area contributed by atoms with Gasteiger partial charge in [0, 0.05) is 35.7 Å². The second-order valence-electron chi connectivity index (χ2n) is 9.26. The molecule has 0 aliphatic heterocycles. The summed E-state index contributed by atoms with van der Waals surface area (Å²) in [7, 11) is -7.74. The number of benzene rings is 3. The molecule has 4 aromatic rings. The van der Waals surface area contributed by atoms with E-state index in [-0.39, 0.29) is 33.9 Å². The normalized spacial score (nSPS) is 11.9. The zero-order valence-electron chi connectivity index (χ0n) is 22.1. The zero-order valence-corrected chi connectivity index (χ0v) is 23.8. The van der Waals surface area contributed by atoms with Crippen LogP contribution in [0.25, 0.3) is 0 Å². The van der Waals surface area contributed by atoms with E-state index in [1.165, 1.54) is 59.0 Å². The van der Waals surface area contributed by atoms with E-state index >= 15 is 0 Å². The van der Waals surface area contributed by atoms with E-state index in [1.54, 1.807) is 13.0 Å². The summed E-state index contributed by atoms with van der Waals surface area (Å²) >= 11 is 0. The van der Waals surface area contributed by atoms with Gasteiger partial charge in [-0.15, -0.1) is 0 Å². The molecule has 208 valence electrons. The number of carbonyl (C=O) groups is 1. The van der Waals surface area contributed by atoms with Crippen molar-refractivity contribution in [2.24, 2.45) is 0 Å². The number of rotatable bonds is 10. The van der Waals surface area contributed by atoms with Gasteiger partial charge in [0.05, 0.1) is 9.79 Å². The van der Waals surface area contributed by atoms with Crippen LogP contribution in [-0.4, -0.2) is 43.1 Å². The second kappa shape index (κ2) is 11.9. The minimum atomic E-state index is -3.93. The van der Waals surface area contributed by atoms with Crippen LogP contribution in [0.5, 0.6) is 0 Å². The van der Waals surface area contributed by atoms with E-state index in [0.29, 0.717) is 11.4 Å². The number of nitrogens with one attached hydrogen (secondary N) is 2. The Kier molecular flexibility index (Phi) is 8.62. The summed E-state index contributed by atoms with van der Waals surface area (Å²) < 4.78 is 55.7. The van der Waals surface area contributed by atoms with Crippen molar-refractivity contribution in [3.8, 4) is 0 Å². The van der Waals surface area contributed by atoms with Gasteiger partial charge in [-0.2, -0.15) is 4.31 Å². The molecule has 0 aliphatic rings. The van der Waals surface area contributed by atoms with Crippen molar-refractivity contribution in [2.75, 3.05) is 10.0 Å². The molecule has 0 aliphatic carbocycles. The predicted octanol–water partition coefficient (Wildman–Crippen LogP) is 4.44. The lowest BCUT2D eigenvalue weighted by Crippen LogP contribution is -2.36. The van der Waals surface area contributed by atoms with Gasteiger partial charge in [0.25, 0.3) is 15.9 Å². The lowest BCUT2D eigenvalue weighted by molar-refractivity contribution is 0.102. The predicted molar refractivity (Wildman–Crippen MR) is 153 cm³/mol. The van der Waals surface area contributed by atoms with Crippen LogP contribution in [0.2, 0.25) is 0 Å². The fraction of sp³-hybridized carbons (Fsp3) is 0.179. The minimum Gasteiger partial charge on any atom is -0.322 e. The largest absolute Gasteiger partial charge is 0.322 e. The standard InChI is InChI=1S/C28H29N5O5S2/c1-20(2)33(19-22-7-5-4-6-8-22)40(37,38)26-13-9-23(10-14-26)27(34)31-24-11-15-25(16-12-24)39(35,36)32-28-29-18-17-21(3)30-28/h4-18,20H,19H2,1-3H3,(H,31,34)(H,29,30,32). The topological polar surface area (TPSA) is 138 Å². The number of sulfonamides is 2. The summed E-state index contributed by atoms with van der Waals surface area (Å²) in [6.45, 7) is 5.56. The van der Waals surface area contributed by atoms with E-state index in [4.69, 9.17) is 0 Å². The van der Waals surface area contributed by atoms with Crippen molar-refractivity contribution >= 4 is 37.6 Å². The van der Waals surface area contributed by atoms with Crippen LogP contribution in [0.15, 0.2) is 101 Å². The van der Waals surface area contributed by atoms with Crippen molar-refractivity contribution in [3.63, 3.8) is 0 Å². The van der Waals surface area contributed by atoms with Crippen molar-refractivity contribution in [1.29, 1.82) is 0 Å². The van der Waals surface area contributed by atoms with Crippen LogP contribution in [0.4, 0.5) is 11.6 Å². The summed E-state index contributed by atoms with van der Waals surface area (Å²) in [5.41, 5.74) is 2.09.